The number of amides is 3. The van der Waals surface area contributed by atoms with E-state index in [0.29, 0.717) is 0 Å². The molecule has 25 heavy (non-hydrogen) atoms. The Morgan fingerprint density at radius 3 is 2.04 bits per heavy atom. The summed E-state index contributed by atoms with van der Waals surface area (Å²) in [5.41, 5.74) is 0. The van der Waals surface area contributed by atoms with Crippen molar-refractivity contribution in [3.63, 3.8) is 0 Å². The van der Waals surface area contributed by atoms with Gasteiger partial charge in [-0.15, -0.1) is 0 Å². The Hall–Kier alpha value is -2.34. The Labute approximate surface area is 148 Å². The van der Waals surface area contributed by atoms with Gasteiger partial charge in [0.25, 0.3) is 0 Å². The summed E-state index contributed by atoms with van der Waals surface area (Å²) in [5.74, 6) is -5.06. The fourth-order valence-electron chi connectivity index (χ4n) is 1.57. The monoisotopic (exact) mass is 379 g/mol. The third-order valence-electron chi connectivity index (χ3n) is 2.90. The lowest BCUT2D eigenvalue weighted by atomic mass is 10.1. The molecule has 0 heterocycles. The quantitative estimate of drug-likeness (QED) is 0.190. The molecule has 0 saturated carbocycles. The molecule has 12 heteroatoms. The van der Waals surface area contributed by atoms with E-state index in [2.05, 4.69) is 28.6 Å². The molecule has 0 aromatic rings. The van der Waals surface area contributed by atoms with E-state index in [0.717, 1.165) is 6.92 Å². The van der Waals surface area contributed by atoms with Crippen LogP contribution in [0.4, 0.5) is 0 Å². The van der Waals surface area contributed by atoms with E-state index in [-0.39, 0.29) is 18.6 Å². The standard InChI is InChI=1S/C13H21N3O8S/c1-6(17)11(21)16-7(13(23)24)2-3-9(18)15-8(5-25)12(22)14-4-10(19)20/h6-8,17,25H,2-5H2,1H3,(H,14,22)(H,15,18)(H,16,21)(H,19,20)(H,23,24)/t6?,7-,8-/m0/s1. The number of carboxylic acids is 2. The van der Waals surface area contributed by atoms with Gasteiger partial charge >= 0.3 is 11.9 Å². The van der Waals surface area contributed by atoms with Crippen molar-refractivity contribution in [3.8, 4) is 0 Å². The van der Waals surface area contributed by atoms with Gasteiger partial charge in [0.05, 0.1) is 0 Å². The van der Waals surface area contributed by atoms with E-state index >= 15 is 0 Å². The number of hydrogen-bond acceptors (Lipinski definition) is 7. The zero-order valence-electron chi connectivity index (χ0n) is 13.4. The number of rotatable bonds is 11. The molecule has 0 rings (SSSR count). The molecule has 0 radical (unpaired) electrons. The minimum Gasteiger partial charge on any atom is -0.480 e. The first-order chi connectivity index (χ1) is 11.6. The van der Waals surface area contributed by atoms with Crippen LogP contribution in [0.5, 0.6) is 0 Å². The molecule has 11 nitrogen and oxygen atoms in total. The van der Waals surface area contributed by atoms with Crippen LogP contribution in [-0.2, 0) is 24.0 Å². The van der Waals surface area contributed by atoms with E-state index in [1.165, 1.54) is 0 Å². The van der Waals surface area contributed by atoms with Crippen molar-refractivity contribution >= 4 is 42.3 Å². The molecule has 0 aliphatic carbocycles. The Bertz CT molecular complexity index is 525. The Kier molecular flexibility index (Phi) is 10.2. The van der Waals surface area contributed by atoms with Crippen LogP contribution in [-0.4, -0.2) is 75.5 Å². The maximum Gasteiger partial charge on any atom is 0.326 e. The third kappa shape index (κ3) is 9.52. The summed E-state index contributed by atoms with van der Waals surface area (Å²) in [7, 11) is 0. The number of carbonyl (C=O) groups is 5. The van der Waals surface area contributed by atoms with E-state index in [9.17, 15) is 24.0 Å². The van der Waals surface area contributed by atoms with E-state index in [1.807, 2.05) is 0 Å². The summed E-state index contributed by atoms with van der Waals surface area (Å²) in [4.78, 5) is 56.2. The van der Waals surface area contributed by atoms with Crippen LogP contribution in [0.25, 0.3) is 0 Å². The van der Waals surface area contributed by atoms with Gasteiger partial charge in [0, 0.05) is 12.2 Å². The van der Waals surface area contributed by atoms with Crippen LogP contribution in [0.3, 0.4) is 0 Å². The van der Waals surface area contributed by atoms with Crippen molar-refractivity contribution in [1.82, 2.24) is 16.0 Å². The Morgan fingerprint density at radius 2 is 1.60 bits per heavy atom. The summed E-state index contributed by atoms with van der Waals surface area (Å²) in [6, 6.07) is -2.48. The number of hydrogen-bond donors (Lipinski definition) is 7. The van der Waals surface area contributed by atoms with Crippen LogP contribution < -0.4 is 16.0 Å². The topological polar surface area (TPSA) is 182 Å². The number of carboxylic acid groups (broad SMARTS) is 2. The molecule has 3 atom stereocenters. The maximum atomic E-state index is 11.8. The molecular formula is C13H21N3O8S. The average Bonchev–Trinajstić information content (AvgIpc) is 2.53. The predicted molar refractivity (Wildman–Crippen MR) is 86.9 cm³/mol. The Morgan fingerprint density at radius 1 is 1.00 bits per heavy atom. The van der Waals surface area contributed by atoms with Crippen molar-refractivity contribution in [1.29, 1.82) is 0 Å². The Balaban J connectivity index is 4.53. The SMILES string of the molecule is CC(O)C(=O)N[C@@H](CCC(=O)N[C@@H](CS)C(=O)NCC(=O)O)C(=O)O. The van der Waals surface area contributed by atoms with Crippen LogP contribution in [0, 0.1) is 0 Å². The predicted octanol–water partition coefficient (Wildman–Crippen LogP) is -2.67. The van der Waals surface area contributed by atoms with Crippen LogP contribution in [0.15, 0.2) is 0 Å². The van der Waals surface area contributed by atoms with E-state index in [4.69, 9.17) is 15.3 Å². The van der Waals surface area contributed by atoms with Crippen LogP contribution in [0.1, 0.15) is 19.8 Å². The van der Waals surface area contributed by atoms with Gasteiger partial charge in [-0.05, 0) is 13.3 Å². The summed E-state index contributed by atoms with van der Waals surface area (Å²) < 4.78 is 0. The van der Waals surface area contributed by atoms with E-state index in [1.54, 1.807) is 0 Å². The van der Waals surface area contributed by atoms with E-state index < -0.39 is 54.4 Å². The lowest BCUT2D eigenvalue weighted by Gasteiger charge is -2.18. The van der Waals surface area contributed by atoms with Crippen molar-refractivity contribution in [2.24, 2.45) is 0 Å². The number of aliphatic carboxylic acids is 2. The van der Waals surface area contributed by atoms with Gasteiger partial charge < -0.3 is 31.3 Å². The highest BCUT2D eigenvalue weighted by Gasteiger charge is 2.24. The largest absolute Gasteiger partial charge is 0.480 e. The fraction of sp³-hybridized carbons (Fsp3) is 0.615. The molecule has 0 saturated heterocycles. The van der Waals surface area contributed by atoms with Gasteiger partial charge in [0.2, 0.25) is 17.7 Å². The molecule has 0 fully saturated rings. The summed E-state index contributed by atoms with van der Waals surface area (Å²) in [5, 5.41) is 33.0. The highest BCUT2D eigenvalue weighted by Crippen LogP contribution is 2.00. The first kappa shape index (κ1) is 22.7. The van der Waals surface area contributed by atoms with Gasteiger partial charge in [-0.25, -0.2) is 4.79 Å². The molecule has 0 spiro atoms. The van der Waals surface area contributed by atoms with Gasteiger partial charge in [-0.1, -0.05) is 0 Å². The second-order valence-corrected chi connectivity index (χ2v) is 5.39. The zero-order chi connectivity index (χ0) is 19.6. The second-order valence-electron chi connectivity index (χ2n) is 5.03. The lowest BCUT2D eigenvalue weighted by Crippen LogP contribution is -2.49. The molecular weight excluding hydrogens is 358 g/mol. The molecule has 142 valence electrons. The third-order valence-corrected chi connectivity index (χ3v) is 3.27. The van der Waals surface area contributed by atoms with Gasteiger partial charge in [-0.2, -0.15) is 12.6 Å². The molecule has 3 amide bonds. The minimum absolute atomic E-state index is 0.0989. The maximum absolute atomic E-state index is 11.8. The molecule has 0 aromatic carbocycles. The van der Waals surface area contributed by atoms with Gasteiger partial charge in [-0.3, -0.25) is 19.2 Å². The zero-order valence-corrected chi connectivity index (χ0v) is 14.3. The fourth-order valence-corrected chi connectivity index (χ4v) is 1.83. The number of nitrogens with one attached hydrogen (secondary N) is 3. The molecule has 0 bridgehead atoms. The van der Waals surface area contributed by atoms with Crippen molar-refractivity contribution < 1.29 is 39.3 Å². The number of aliphatic hydroxyl groups is 1. The van der Waals surface area contributed by atoms with Crippen molar-refractivity contribution in [2.75, 3.05) is 12.3 Å². The first-order valence-electron chi connectivity index (χ1n) is 7.19. The first-order valence-corrected chi connectivity index (χ1v) is 7.82. The summed E-state index contributed by atoms with van der Waals surface area (Å²) in [6.07, 6.45) is -1.99. The number of carbonyl (C=O) groups excluding carboxylic acids is 3. The highest BCUT2D eigenvalue weighted by atomic mass is 32.1. The van der Waals surface area contributed by atoms with Crippen molar-refractivity contribution in [2.45, 2.75) is 38.0 Å². The average molecular weight is 379 g/mol. The lowest BCUT2D eigenvalue weighted by molar-refractivity contribution is -0.143. The molecule has 0 aromatic heterocycles. The number of thiol groups is 1. The molecule has 6 N–H and O–H groups in total. The summed E-state index contributed by atoms with van der Waals surface area (Å²) in [6.45, 7) is 0.541. The normalized spacial score (nSPS) is 13.9. The van der Waals surface area contributed by atoms with Gasteiger partial charge in [0.1, 0.15) is 24.7 Å². The highest BCUT2D eigenvalue weighted by molar-refractivity contribution is 7.80. The minimum atomic E-state index is -1.40. The van der Waals surface area contributed by atoms with Crippen molar-refractivity contribution in [3.05, 3.63) is 0 Å². The molecule has 0 aliphatic heterocycles. The molecule has 1 unspecified atom stereocenters. The van der Waals surface area contributed by atoms with Crippen LogP contribution >= 0.6 is 12.6 Å². The second kappa shape index (κ2) is 11.3. The summed E-state index contributed by atoms with van der Waals surface area (Å²) >= 11 is 3.88. The number of aliphatic hydroxyl groups excluding tert-OH is 1. The van der Waals surface area contributed by atoms with Crippen LogP contribution in [0.2, 0.25) is 0 Å². The molecule has 0 aliphatic rings. The van der Waals surface area contributed by atoms with Gasteiger partial charge in [0.15, 0.2) is 0 Å². The smallest absolute Gasteiger partial charge is 0.326 e.